The topological polar surface area (TPSA) is 95.6 Å². The number of fused-ring (bicyclic) bond motifs is 1. The van der Waals surface area contributed by atoms with Gasteiger partial charge in [0.05, 0.1) is 18.1 Å². The van der Waals surface area contributed by atoms with E-state index in [2.05, 4.69) is 11.4 Å². The van der Waals surface area contributed by atoms with Crippen LogP contribution in [0.3, 0.4) is 0 Å². The molecule has 3 rings (SSSR count). The van der Waals surface area contributed by atoms with Gasteiger partial charge in [-0.15, -0.1) is 11.3 Å². The number of nitriles is 1. The summed E-state index contributed by atoms with van der Waals surface area (Å²) in [6, 6.07) is 4.01. The molecule has 0 spiro atoms. The monoisotopic (exact) mass is 413 g/mol. The summed E-state index contributed by atoms with van der Waals surface area (Å²) in [7, 11) is 1.71. The minimum absolute atomic E-state index is 0.0606. The van der Waals surface area contributed by atoms with Crippen molar-refractivity contribution in [1.29, 1.82) is 5.26 Å². The van der Waals surface area contributed by atoms with Gasteiger partial charge in [0.15, 0.2) is 0 Å². The Kier molecular flexibility index (Phi) is 6.39. The van der Waals surface area contributed by atoms with Crippen LogP contribution >= 0.6 is 11.3 Å². The highest BCUT2D eigenvalue weighted by atomic mass is 32.1. The van der Waals surface area contributed by atoms with Gasteiger partial charge in [-0.25, -0.2) is 4.79 Å². The third kappa shape index (κ3) is 4.87. The van der Waals surface area contributed by atoms with Gasteiger partial charge >= 0.3 is 6.09 Å². The lowest BCUT2D eigenvalue weighted by Gasteiger charge is -2.27. The van der Waals surface area contributed by atoms with Crippen LogP contribution in [-0.4, -0.2) is 36.1 Å². The third-order valence-electron chi connectivity index (χ3n) is 4.87. The van der Waals surface area contributed by atoms with Crippen LogP contribution in [0.4, 0.5) is 9.80 Å². The van der Waals surface area contributed by atoms with Crippen molar-refractivity contribution in [2.24, 2.45) is 0 Å². The maximum Gasteiger partial charge on any atom is 0.410 e. The lowest BCUT2D eigenvalue weighted by Crippen LogP contribution is -2.37. The summed E-state index contributed by atoms with van der Waals surface area (Å²) in [6.07, 6.45) is 7.37. The molecule has 7 nitrogen and oxygen atoms in total. The molecular weight excluding hydrogens is 390 g/mol. The van der Waals surface area contributed by atoms with E-state index in [9.17, 15) is 14.9 Å². The Bertz CT molecular complexity index is 953. The van der Waals surface area contributed by atoms with Crippen molar-refractivity contribution in [3.8, 4) is 6.07 Å². The number of hydrogen-bond donors (Lipinski definition) is 1. The Morgan fingerprint density at radius 3 is 2.93 bits per heavy atom. The van der Waals surface area contributed by atoms with E-state index in [0.29, 0.717) is 29.8 Å². The lowest BCUT2D eigenvalue weighted by atomic mass is 9.94. The van der Waals surface area contributed by atoms with Crippen LogP contribution in [-0.2, 0) is 22.4 Å². The summed E-state index contributed by atoms with van der Waals surface area (Å²) in [5.41, 5.74) is 2.22. The molecule has 2 heterocycles. The highest BCUT2D eigenvalue weighted by Gasteiger charge is 2.29. The summed E-state index contributed by atoms with van der Waals surface area (Å²) >= 11 is 1.37. The van der Waals surface area contributed by atoms with Gasteiger partial charge in [0.2, 0.25) is 5.91 Å². The molecule has 8 heteroatoms. The maximum atomic E-state index is 12.2. The lowest BCUT2D eigenvalue weighted by molar-refractivity contribution is -0.111. The number of nitrogens with zero attached hydrogens (tertiary/aromatic N) is 2. The van der Waals surface area contributed by atoms with E-state index in [4.69, 9.17) is 9.15 Å². The van der Waals surface area contributed by atoms with E-state index in [1.807, 2.05) is 13.8 Å². The average Bonchev–Trinajstić information content (AvgIpc) is 3.32. The Morgan fingerprint density at radius 1 is 1.48 bits per heavy atom. The molecule has 2 amide bonds. The molecule has 0 saturated carbocycles. The molecule has 1 atom stereocenters. The number of hydrogen-bond acceptors (Lipinski definition) is 6. The molecule has 0 radical (unpaired) electrons. The smallest absolute Gasteiger partial charge is 0.410 e. The second-order valence-electron chi connectivity index (χ2n) is 7.15. The number of carbonyl (C=O) groups is 2. The standard InChI is InChI=1S/C21H23N3O4S/c1-13(2)24(3)21(26)28-15-5-6-16-17(11-22)20(29-18(16)10-15)23-19(25)7-4-14-8-9-27-12-14/h4,7-9,12-13,15H,5-6,10H2,1-3H3,(H,23,25)/b7-4+. The van der Waals surface area contributed by atoms with Gasteiger partial charge < -0.3 is 19.4 Å². The van der Waals surface area contributed by atoms with Crippen molar-refractivity contribution in [2.75, 3.05) is 12.4 Å². The average molecular weight is 413 g/mol. The van der Waals surface area contributed by atoms with Gasteiger partial charge in [0, 0.05) is 36.0 Å². The number of anilines is 1. The highest BCUT2D eigenvalue weighted by molar-refractivity contribution is 7.16. The van der Waals surface area contributed by atoms with E-state index in [1.54, 1.807) is 24.1 Å². The van der Waals surface area contributed by atoms with E-state index in [1.165, 1.54) is 29.9 Å². The van der Waals surface area contributed by atoms with Crippen molar-refractivity contribution in [2.45, 2.75) is 45.3 Å². The number of rotatable bonds is 5. The fourth-order valence-electron chi connectivity index (χ4n) is 2.99. The summed E-state index contributed by atoms with van der Waals surface area (Å²) < 4.78 is 10.6. The molecule has 0 saturated heterocycles. The first kappa shape index (κ1) is 20.7. The summed E-state index contributed by atoms with van der Waals surface area (Å²) in [6.45, 7) is 3.85. The Hall–Kier alpha value is -3.05. The summed E-state index contributed by atoms with van der Waals surface area (Å²) in [5, 5.41) is 12.9. The SMILES string of the molecule is CC(C)N(C)C(=O)OC1CCc2c(sc(NC(=O)/C=C/c3ccoc3)c2C#N)C1. The molecule has 0 bridgehead atoms. The summed E-state index contributed by atoms with van der Waals surface area (Å²) in [5.74, 6) is -0.317. The first-order valence-electron chi connectivity index (χ1n) is 9.38. The fourth-order valence-corrected chi connectivity index (χ4v) is 4.26. The van der Waals surface area contributed by atoms with Gasteiger partial charge in [0.25, 0.3) is 0 Å². The Labute approximate surface area is 173 Å². The molecule has 2 aromatic rings. The van der Waals surface area contributed by atoms with Crippen LogP contribution in [0.15, 0.2) is 29.1 Å². The normalized spacial score (nSPS) is 15.8. The zero-order chi connectivity index (χ0) is 21.0. The molecule has 0 aromatic carbocycles. The second-order valence-corrected chi connectivity index (χ2v) is 8.26. The quantitative estimate of drug-likeness (QED) is 0.741. The Balaban J connectivity index is 1.69. The third-order valence-corrected chi connectivity index (χ3v) is 6.04. The van der Waals surface area contributed by atoms with Crippen LogP contribution in [0, 0.1) is 11.3 Å². The minimum Gasteiger partial charge on any atom is -0.472 e. The number of nitrogens with one attached hydrogen (secondary N) is 1. The molecule has 1 aliphatic rings. The largest absolute Gasteiger partial charge is 0.472 e. The molecule has 152 valence electrons. The molecule has 1 N–H and O–H groups in total. The summed E-state index contributed by atoms with van der Waals surface area (Å²) in [4.78, 5) is 27.0. The van der Waals surface area contributed by atoms with Crippen LogP contribution in [0.1, 0.15) is 41.8 Å². The number of amides is 2. The van der Waals surface area contributed by atoms with Crippen molar-refractivity contribution in [1.82, 2.24) is 4.90 Å². The first-order valence-corrected chi connectivity index (χ1v) is 10.2. The molecule has 2 aromatic heterocycles. The number of thiophene rings is 1. The predicted octanol–water partition coefficient (Wildman–Crippen LogP) is 4.20. The maximum absolute atomic E-state index is 12.2. The van der Waals surface area contributed by atoms with Crippen LogP contribution in [0.25, 0.3) is 6.08 Å². The van der Waals surface area contributed by atoms with Crippen LogP contribution < -0.4 is 5.32 Å². The predicted molar refractivity (Wildman–Crippen MR) is 111 cm³/mol. The molecule has 0 fully saturated rings. The number of ether oxygens (including phenoxy) is 1. The fraction of sp³-hybridized carbons (Fsp3) is 0.381. The molecule has 1 aliphatic carbocycles. The number of carbonyl (C=O) groups excluding carboxylic acids is 2. The van der Waals surface area contributed by atoms with Crippen LogP contribution in [0.5, 0.6) is 0 Å². The molecule has 0 aliphatic heterocycles. The highest BCUT2D eigenvalue weighted by Crippen LogP contribution is 2.38. The van der Waals surface area contributed by atoms with Crippen molar-refractivity contribution in [3.63, 3.8) is 0 Å². The second kappa shape index (κ2) is 8.97. The van der Waals surface area contributed by atoms with Gasteiger partial charge in [-0.05, 0) is 44.4 Å². The van der Waals surface area contributed by atoms with Crippen molar-refractivity contribution >= 4 is 34.4 Å². The first-order chi connectivity index (χ1) is 13.9. The zero-order valence-corrected chi connectivity index (χ0v) is 17.4. The zero-order valence-electron chi connectivity index (χ0n) is 16.6. The van der Waals surface area contributed by atoms with E-state index >= 15 is 0 Å². The molecule has 1 unspecified atom stereocenters. The number of furan rings is 1. The molecule has 29 heavy (non-hydrogen) atoms. The van der Waals surface area contributed by atoms with Gasteiger partial charge in [-0.1, -0.05) is 0 Å². The van der Waals surface area contributed by atoms with Gasteiger partial charge in [-0.2, -0.15) is 5.26 Å². The van der Waals surface area contributed by atoms with Gasteiger partial charge in [0.1, 0.15) is 17.2 Å². The van der Waals surface area contributed by atoms with E-state index < -0.39 is 0 Å². The van der Waals surface area contributed by atoms with Crippen molar-refractivity contribution in [3.05, 3.63) is 46.2 Å². The van der Waals surface area contributed by atoms with E-state index in [0.717, 1.165) is 16.0 Å². The van der Waals surface area contributed by atoms with Gasteiger partial charge in [-0.3, -0.25) is 4.79 Å². The van der Waals surface area contributed by atoms with E-state index in [-0.39, 0.29) is 24.1 Å². The Morgan fingerprint density at radius 2 is 2.28 bits per heavy atom. The van der Waals surface area contributed by atoms with Crippen LogP contribution in [0.2, 0.25) is 0 Å². The molecular formula is C21H23N3O4S. The van der Waals surface area contributed by atoms with Crippen molar-refractivity contribution < 1.29 is 18.7 Å². The minimum atomic E-state index is -0.344.